The Hall–Kier alpha value is -2.10. The second-order valence-corrected chi connectivity index (χ2v) is 9.11. The molecule has 0 aliphatic carbocycles. The molecule has 150 valence electrons. The molecule has 1 amide bonds. The van der Waals surface area contributed by atoms with Crippen LogP contribution in [0.15, 0.2) is 16.4 Å². The van der Waals surface area contributed by atoms with E-state index in [1.54, 1.807) is 6.92 Å². The molecule has 28 heavy (non-hydrogen) atoms. The second-order valence-electron chi connectivity index (χ2n) is 6.62. The van der Waals surface area contributed by atoms with Gasteiger partial charge in [0.1, 0.15) is 21.9 Å². The van der Waals surface area contributed by atoms with Gasteiger partial charge >= 0.3 is 5.97 Å². The van der Waals surface area contributed by atoms with Gasteiger partial charge in [-0.3, -0.25) is 9.69 Å². The predicted molar refractivity (Wildman–Crippen MR) is 103 cm³/mol. The van der Waals surface area contributed by atoms with E-state index in [9.17, 15) is 20.0 Å². The number of hydrogen-bond donors (Lipinski definition) is 3. The lowest BCUT2D eigenvalue weighted by Gasteiger charge is -2.50. The second kappa shape index (κ2) is 8.50. The van der Waals surface area contributed by atoms with Crippen molar-refractivity contribution in [3.63, 3.8) is 0 Å². The van der Waals surface area contributed by atoms with Crippen LogP contribution in [0.3, 0.4) is 0 Å². The normalized spacial score (nSPS) is 23.6. The monoisotopic (exact) mass is 423 g/mol. The van der Waals surface area contributed by atoms with Crippen molar-refractivity contribution in [3.8, 4) is 6.07 Å². The molecule has 0 aromatic carbocycles. The van der Waals surface area contributed by atoms with Crippen LogP contribution >= 0.6 is 23.5 Å². The Balaban J connectivity index is 1.84. The lowest BCUT2D eigenvalue weighted by atomic mass is 9.96. The van der Waals surface area contributed by atoms with Gasteiger partial charge in [-0.05, 0) is 25.1 Å². The lowest BCUT2D eigenvalue weighted by molar-refractivity contribution is -0.149. The van der Waals surface area contributed by atoms with Crippen molar-refractivity contribution in [1.29, 1.82) is 5.26 Å². The highest BCUT2D eigenvalue weighted by molar-refractivity contribution is 8.01. The average Bonchev–Trinajstić information content (AvgIpc) is 3.19. The average molecular weight is 424 g/mol. The van der Waals surface area contributed by atoms with Gasteiger partial charge in [0.05, 0.1) is 6.07 Å². The molecule has 1 aromatic heterocycles. The molecule has 0 spiro atoms. The smallest absolute Gasteiger partial charge is 0.352 e. The van der Waals surface area contributed by atoms with E-state index in [-0.39, 0.29) is 22.1 Å². The Labute approximate surface area is 170 Å². The highest BCUT2D eigenvalue weighted by atomic mass is 32.2. The van der Waals surface area contributed by atoms with E-state index in [0.717, 1.165) is 37.6 Å². The number of carboxylic acids is 1. The van der Waals surface area contributed by atoms with Crippen LogP contribution in [0.2, 0.25) is 0 Å². The number of β-lactam (4-membered cyclic amide) rings is 1. The van der Waals surface area contributed by atoms with Gasteiger partial charge in [-0.1, -0.05) is 31.5 Å². The van der Waals surface area contributed by atoms with Crippen molar-refractivity contribution in [2.24, 2.45) is 0 Å². The van der Waals surface area contributed by atoms with Gasteiger partial charge in [-0.15, -0.1) is 22.0 Å². The summed E-state index contributed by atoms with van der Waals surface area (Å²) in [5, 5.41) is 36.2. The third-order valence-corrected chi connectivity index (χ3v) is 7.11. The number of aliphatic carboxylic acids is 1. The van der Waals surface area contributed by atoms with Gasteiger partial charge < -0.3 is 10.4 Å². The Morgan fingerprint density at radius 3 is 2.96 bits per heavy atom. The van der Waals surface area contributed by atoms with Gasteiger partial charge in [-0.25, -0.2) is 4.79 Å². The summed E-state index contributed by atoms with van der Waals surface area (Å²) in [6.07, 6.45) is 3.14. The number of rotatable bonds is 9. The van der Waals surface area contributed by atoms with Gasteiger partial charge in [0, 0.05) is 11.3 Å². The van der Waals surface area contributed by atoms with Crippen LogP contribution in [0.25, 0.3) is 0 Å². The van der Waals surface area contributed by atoms with E-state index >= 15 is 0 Å². The highest BCUT2D eigenvalue weighted by Crippen LogP contribution is 2.47. The first kappa shape index (κ1) is 20.6. The molecule has 3 N–H and O–H groups in total. The van der Waals surface area contributed by atoms with Crippen LogP contribution in [-0.2, 0) is 9.59 Å². The maximum Gasteiger partial charge on any atom is 0.352 e. The molecule has 2 unspecified atom stereocenters. The number of fused-ring (bicyclic) bond motifs is 1. The van der Waals surface area contributed by atoms with Crippen LogP contribution < -0.4 is 5.32 Å². The topological polar surface area (TPSA) is 148 Å². The predicted octanol–water partition coefficient (Wildman–Crippen LogP) is 0.976. The number of amides is 1. The third-order valence-electron chi connectivity index (χ3n) is 4.73. The summed E-state index contributed by atoms with van der Waals surface area (Å²) in [7, 11) is 0. The fourth-order valence-electron chi connectivity index (χ4n) is 3.20. The number of carbonyl (C=O) groups is 2. The number of nitrogens with zero attached hydrogens (tertiary/aromatic N) is 5. The van der Waals surface area contributed by atoms with E-state index in [1.165, 1.54) is 16.7 Å². The van der Waals surface area contributed by atoms with Crippen molar-refractivity contribution in [1.82, 2.24) is 30.8 Å². The van der Waals surface area contributed by atoms with E-state index in [2.05, 4.69) is 38.9 Å². The zero-order valence-electron chi connectivity index (χ0n) is 15.5. The summed E-state index contributed by atoms with van der Waals surface area (Å²) in [6, 6.07) is 1.77. The number of H-pyrrole nitrogens is 1. The molecule has 0 saturated carbocycles. The molecule has 10 nitrogen and oxygen atoms in total. The van der Waals surface area contributed by atoms with Gasteiger partial charge in [0.25, 0.3) is 0 Å². The number of carbonyl (C=O) groups excluding carboxylic acids is 1. The number of thioether (sulfide) groups is 2. The molecule has 3 atom stereocenters. The Morgan fingerprint density at radius 2 is 2.36 bits per heavy atom. The molecule has 0 radical (unpaired) electrons. The number of nitrogens with one attached hydrogen (secondary N) is 2. The summed E-state index contributed by atoms with van der Waals surface area (Å²) in [5.74, 6) is -1.15. The first-order valence-corrected chi connectivity index (χ1v) is 10.8. The third kappa shape index (κ3) is 3.74. The molecule has 0 bridgehead atoms. The minimum absolute atomic E-state index is 0.111. The van der Waals surface area contributed by atoms with E-state index in [4.69, 9.17) is 0 Å². The zero-order valence-corrected chi connectivity index (χ0v) is 17.1. The summed E-state index contributed by atoms with van der Waals surface area (Å²) in [5.41, 5.74) is 0.261. The minimum Gasteiger partial charge on any atom is -0.477 e. The fourth-order valence-corrected chi connectivity index (χ4v) is 5.69. The van der Waals surface area contributed by atoms with Crippen molar-refractivity contribution in [2.45, 2.75) is 54.4 Å². The zero-order chi connectivity index (χ0) is 20.3. The highest BCUT2D eigenvalue weighted by Gasteiger charge is 2.55. The number of tetrazole rings is 1. The first-order chi connectivity index (χ1) is 13.4. The number of unbranched alkanes of at least 4 members (excludes halogenated alkanes) is 2. The lowest BCUT2D eigenvalue weighted by Crippen LogP contribution is -2.70. The van der Waals surface area contributed by atoms with Crippen LogP contribution in [0, 0.1) is 11.3 Å². The van der Waals surface area contributed by atoms with Crippen molar-refractivity contribution < 1.29 is 14.7 Å². The van der Waals surface area contributed by atoms with Crippen molar-refractivity contribution >= 4 is 35.4 Å². The molecule has 2 aliphatic rings. The fraction of sp³-hybridized carbons (Fsp3) is 0.625. The van der Waals surface area contributed by atoms with E-state index < -0.39 is 16.8 Å². The Morgan fingerprint density at radius 1 is 1.57 bits per heavy atom. The number of aromatic nitrogens is 4. The van der Waals surface area contributed by atoms with Gasteiger partial charge in [0.2, 0.25) is 11.1 Å². The summed E-state index contributed by atoms with van der Waals surface area (Å²) < 4.78 is -1.24. The molecule has 2 aliphatic heterocycles. The number of carboxylic acid groups (broad SMARTS) is 1. The van der Waals surface area contributed by atoms with Crippen molar-refractivity contribution in [3.05, 3.63) is 11.3 Å². The van der Waals surface area contributed by atoms with Crippen LogP contribution in [0.4, 0.5) is 0 Å². The van der Waals surface area contributed by atoms with Crippen LogP contribution in [0.1, 0.15) is 33.1 Å². The molecule has 12 heteroatoms. The summed E-state index contributed by atoms with van der Waals surface area (Å²) in [6.45, 7) is 4.44. The molecule has 1 aromatic rings. The summed E-state index contributed by atoms with van der Waals surface area (Å²) >= 11 is 2.47. The van der Waals surface area contributed by atoms with E-state index in [0.29, 0.717) is 11.3 Å². The number of nitriles is 1. The molecule has 1 fully saturated rings. The van der Waals surface area contributed by atoms with Crippen LogP contribution in [-0.4, -0.2) is 71.0 Å². The minimum atomic E-state index is -1.24. The quantitative estimate of drug-likeness (QED) is 0.298. The van der Waals surface area contributed by atoms with Crippen molar-refractivity contribution in [2.75, 3.05) is 12.3 Å². The number of aromatic amines is 1. The van der Waals surface area contributed by atoms with Crippen LogP contribution in [0.5, 0.6) is 0 Å². The Bertz CT molecular complexity index is 823. The molecular formula is C16H21N7O3S2. The standard InChI is InChI=1S/C16H21N7O3S2/c1-3-4-5-6-18-10-12(24)23-11(14(25)26)9(7-27-13(10)23)16(2,8-17)28-15-19-21-22-20-15/h10,13,18H,3-7H2,1-2H3,(H,25,26)(H,19,20,21,22)/t10?,13-,16?/m1/s1. The SMILES string of the molecule is CCCCCNC1C(=O)N2C(C(=O)O)=C(C(C)(C#N)Sc3nn[nH]n3)CS[C@H]12. The number of hydrogen-bond acceptors (Lipinski definition) is 9. The molecule has 3 rings (SSSR count). The largest absolute Gasteiger partial charge is 0.477 e. The maximum absolute atomic E-state index is 12.7. The maximum atomic E-state index is 12.7. The summed E-state index contributed by atoms with van der Waals surface area (Å²) in [4.78, 5) is 26.0. The van der Waals surface area contributed by atoms with E-state index in [1.807, 2.05) is 0 Å². The molecule has 3 heterocycles. The Kier molecular flexibility index (Phi) is 6.26. The van der Waals surface area contributed by atoms with Gasteiger partial charge in [-0.2, -0.15) is 10.5 Å². The van der Waals surface area contributed by atoms with Gasteiger partial charge in [0.15, 0.2) is 0 Å². The molecular weight excluding hydrogens is 402 g/mol. The molecule has 1 saturated heterocycles. The first-order valence-electron chi connectivity index (χ1n) is 8.91.